The van der Waals surface area contributed by atoms with Crippen LogP contribution >= 0.6 is 15.9 Å². The summed E-state index contributed by atoms with van der Waals surface area (Å²) in [5, 5.41) is 3.55. The fraction of sp³-hybridized carbons (Fsp3) is 0.294. The second-order valence-corrected chi connectivity index (χ2v) is 5.90. The van der Waals surface area contributed by atoms with E-state index in [1.165, 1.54) is 5.56 Å². The van der Waals surface area contributed by atoms with Crippen molar-refractivity contribution in [1.82, 2.24) is 5.32 Å². The van der Waals surface area contributed by atoms with Crippen molar-refractivity contribution in [2.24, 2.45) is 0 Å². The first kappa shape index (κ1) is 14.4. The Hall–Kier alpha value is -1.52. The lowest BCUT2D eigenvalue weighted by Gasteiger charge is -2.26. The normalized spacial score (nSPS) is 16.9. The monoisotopic (exact) mass is 347 g/mol. The van der Waals surface area contributed by atoms with E-state index in [0.717, 1.165) is 35.5 Å². The SMILES string of the molecule is Brc1ccc(OCCNC2CCOc3ccccc32)cc1. The molecule has 3 rings (SSSR count). The molecule has 1 heterocycles. The Morgan fingerprint density at radius 2 is 1.95 bits per heavy atom. The zero-order valence-electron chi connectivity index (χ0n) is 11.7. The quantitative estimate of drug-likeness (QED) is 0.831. The number of fused-ring (bicyclic) bond motifs is 1. The van der Waals surface area contributed by atoms with Crippen LogP contribution in [-0.4, -0.2) is 19.8 Å². The molecule has 21 heavy (non-hydrogen) atoms. The average molecular weight is 348 g/mol. The predicted octanol–water partition coefficient (Wildman–Crippen LogP) is 3.94. The van der Waals surface area contributed by atoms with Gasteiger partial charge in [0.25, 0.3) is 0 Å². The number of benzene rings is 2. The van der Waals surface area contributed by atoms with Crippen molar-refractivity contribution in [3.8, 4) is 11.5 Å². The van der Waals surface area contributed by atoms with E-state index < -0.39 is 0 Å². The Balaban J connectivity index is 1.49. The summed E-state index contributed by atoms with van der Waals surface area (Å²) in [7, 11) is 0. The van der Waals surface area contributed by atoms with Gasteiger partial charge in [-0.15, -0.1) is 0 Å². The molecule has 1 N–H and O–H groups in total. The molecule has 1 atom stereocenters. The number of nitrogens with one attached hydrogen (secondary N) is 1. The minimum atomic E-state index is 0.350. The maximum atomic E-state index is 5.73. The second kappa shape index (κ2) is 6.96. The molecular formula is C17H18BrNO2. The van der Waals surface area contributed by atoms with E-state index in [9.17, 15) is 0 Å². The van der Waals surface area contributed by atoms with Crippen LogP contribution in [0, 0.1) is 0 Å². The third kappa shape index (κ3) is 3.77. The summed E-state index contributed by atoms with van der Waals surface area (Å²) >= 11 is 3.42. The van der Waals surface area contributed by atoms with E-state index in [0.29, 0.717) is 12.6 Å². The van der Waals surface area contributed by atoms with Gasteiger partial charge in [-0.25, -0.2) is 0 Å². The van der Waals surface area contributed by atoms with Crippen molar-refractivity contribution in [3.05, 3.63) is 58.6 Å². The van der Waals surface area contributed by atoms with Crippen LogP contribution < -0.4 is 14.8 Å². The van der Waals surface area contributed by atoms with Gasteiger partial charge >= 0.3 is 0 Å². The van der Waals surface area contributed by atoms with Crippen molar-refractivity contribution < 1.29 is 9.47 Å². The van der Waals surface area contributed by atoms with Gasteiger partial charge in [0.2, 0.25) is 0 Å². The van der Waals surface area contributed by atoms with Crippen LogP contribution in [0.1, 0.15) is 18.0 Å². The van der Waals surface area contributed by atoms with Gasteiger partial charge in [-0.05, 0) is 30.3 Å². The van der Waals surface area contributed by atoms with E-state index in [1.807, 2.05) is 36.4 Å². The minimum absolute atomic E-state index is 0.350. The zero-order chi connectivity index (χ0) is 14.5. The first-order valence-corrected chi connectivity index (χ1v) is 7.96. The molecule has 0 aliphatic carbocycles. The van der Waals surface area contributed by atoms with Gasteiger partial charge in [-0.3, -0.25) is 0 Å². The molecule has 0 aromatic heterocycles. The number of hydrogen-bond donors (Lipinski definition) is 1. The lowest BCUT2D eigenvalue weighted by molar-refractivity contribution is 0.242. The first-order valence-electron chi connectivity index (χ1n) is 7.16. The van der Waals surface area contributed by atoms with E-state index in [-0.39, 0.29) is 0 Å². The average Bonchev–Trinajstić information content (AvgIpc) is 2.53. The van der Waals surface area contributed by atoms with Crippen molar-refractivity contribution in [1.29, 1.82) is 0 Å². The molecule has 1 aliphatic heterocycles. The van der Waals surface area contributed by atoms with E-state index in [1.54, 1.807) is 0 Å². The third-order valence-corrected chi connectivity index (χ3v) is 4.06. The topological polar surface area (TPSA) is 30.5 Å². The zero-order valence-corrected chi connectivity index (χ0v) is 13.3. The molecule has 3 nitrogen and oxygen atoms in total. The van der Waals surface area contributed by atoms with Crippen molar-refractivity contribution >= 4 is 15.9 Å². The molecule has 2 aromatic rings. The molecule has 0 radical (unpaired) electrons. The molecule has 0 spiro atoms. The first-order chi connectivity index (χ1) is 10.3. The van der Waals surface area contributed by atoms with Crippen molar-refractivity contribution in [2.75, 3.05) is 19.8 Å². The van der Waals surface area contributed by atoms with Crippen molar-refractivity contribution in [2.45, 2.75) is 12.5 Å². The van der Waals surface area contributed by atoms with Gasteiger partial charge in [0.05, 0.1) is 6.61 Å². The summed E-state index contributed by atoms with van der Waals surface area (Å²) in [6.45, 7) is 2.23. The number of para-hydroxylation sites is 1. The van der Waals surface area contributed by atoms with Gasteiger partial charge in [0.1, 0.15) is 18.1 Å². The highest BCUT2D eigenvalue weighted by atomic mass is 79.9. The third-order valence-electron chi connectivity index (χ3n) is 3.53. The summed E-state index contributed by atoms with van der Waals surface area (Å²) < 4.78 is 12.5. The maximum absolute atomic E-state index is 5.73. The molecule has 0 bridgehead atoms. The van der Waals surface area contributed by atoms with Gasteiger partial charge in [-0.1, -0.05) is 34.1 Å². The molecule has 0 amide bonds. The number of hydrogen-bond acceptors (Lipinski definition) is 3. The van der Waals surface area contributed by atoms with E-state index in [2.05, 4.69) is 33.4 Å². The molecule has 0 saturated heterocycles. The molecular weight excluding hydrogens is 330 g/mol. The summed E-state index contributed by atoms with van der Waals surface area (Å²) in [6, 6.07) is 16.5. The van der Waals surface area contributed by atoms with Gasteiger partial charge in [0, 0.05) is 29.0 Å². The van der Waals surface area contributed by atoms with Crippen LogP contribution in [0.2, 0.25) is 0 Å². The highest BCUT2D eigenvalue weighted by Gasteiger charge is 2.19. The molecule has 0 fully saturated rings. The smallest absolute Gasteiger partial charge is 0.124 e. The molecule has 0 saturated carbocycles. The highest BCUT2D eigenvalue weighted by molar-refractivity contribution is 9.10. The Labute approximate surface area is 133 Å². The number of rotatable bonds is 5. The Bertz CT molecular complexity index is 586. The molecule has 1 aliphatic rings. The lowest BCUT2D eigenvalue weighted by atomic mass is 10.0. The summed E-state index contributed by atoms with van der Waals surface area (Å²) in [4.78, 5) is 0. The van der Waals surface area contributed by atoms with Crippen LogP contribution in [0.4, 0.5) is 0 Å². The molecule has 1 unspecified atom stereocenters. The van der Waals surface area contributed by atoms with Gasteiger partial charge in [-0.2, -0.15) is 0 Å². The fourth-order valence-corrected chi connectivity index (χ4v) is 2.75. The lowest BCUT2D eigenvalue weighted by Crippen LogP contribution is -2.30. The standard InChI is InChI=1S/C17H18BrNO2/c18-13-5-7-14(8-6-13)20-12-10-19-16-9-11-21-17-4-2-1-3-15(16)17/h1-8,16,19H,9-12H2. The van der Waals surface area contributed by atoms with Crippen LogP contribution in [0.5, 0.6) is 11.5 Å². The highest BCUT2D eigenvalue weighted by Crippen LogP contribution is 2.31. The summed E-state index contributed by atoms with van der Waals surface area (Å²) in [5.74, 6) is 1.89. The number of ether oxygens (including phenoxy) is 2. The second-order valence-electron chi connectivity index (χ2n) is 4.98. The van der Waals surface area contributed by atoms with Crippen LogP contribution in [0.15, 0.2) is 53.0 Å². The molecule has 2 aromatic carbocycles. The molecule has 4 heteroatoms. The van der Waals surface area contributed by atoms with Gasteiger partial charge in [0.15, 0.2) is 0 Å². The predicted molar refractivity (Wildman–Crippen MR) is 86.9 cm³/mol. The Kier molecular flexibility index (Phi) is 4.78. The Morgan fingerprint density at radius 1 is 1.14 bits per heavy atom. The summed E-state index contributed by atoms with van der Waals surface area (Å²) in [6.07, 6.45) is 0.995. The van der Waals surface area contributed by atoms with E-state index >= 15 is 0 Å². The number of halogens is 1. The molecule has 110 valence electrons. The summed E-state index contributed by atoms with van der Waals surface area (Å²) in [5.41, 5.74) is 1.24. The fourth-order valence-electron chi connectivity index (χ4n) is 2.49. The maximum Gasteiger partial charge on any atom is 0.124 e. The van der Waals surface area contributed by atoms with Gasteiger partial charge < -0.3 is 14.8 Å². The largest absolute Gasteiger partial charge is 0.493 e. The van der Waals surface area contributed by atoms with Crippen LogP contribution in [-0.2, 0) is 0 Å². The Morgan fingerprint density at radius 3 is 2.81 bits per heavy atom. The van der Waals surface area contributed by atoms with Crippen LogP contribution in [0.25, 0.3) is 0 Å². The minimum Gasteiger partial charge on any atom is -0.493 e. The van der Waals surface area contributed by atoms with E-state index in [4.69, 9.17) is 9.47 Å². The van der Waals surface area contributed by atoms with Crippen LogP contribution in [0.3, 0.4) is 0 Å². The van der Waals surface area contributed by atoms with Crippen molar-refractivity contribution in [3.63, 3.8) is 0 Å².